The number of nitrogens with one attached hydrogen (secondary N) is 2. The summed E-state index contributed by atoms with van der Waals surface area (Å²) in [5, 5.41) is 1.15. The van der Waals surface area contributed by atoms with Gasteiger partial charge in [0.2, 0.25) is 0 Å². The summed E-state index contributed by atoms with van der Waals surface area (Å²) < 4.78 is 27.4. The summed E-state index contributed by atoms with van der Waals surface area (Å²) in [7, 11) is -3.54. The highest BCUT2D eigenvalue weighted by atomic mass is 32.2. The lowest BCUT2D eigenvalue weighted by molar-refractivity contribution is 0.595. The molecule has 5 nitrogen and oxygen atoms in total. The second-order valence-electron chi connectivity index (χ2n) is 7.04. The van der Waals surface area contributed by atoms with Crippen molar-refractivity contribution < 1.29 is 8.42 Å². The maximum Gasteiger partial charge on any atom is 0.263 e. The lowest BCUT2D eigenvalue weighted by Crippen LogP contribution is -2.23. The quantitative estimate of drug-likeness (QED) is 0.542. The third-order valence-electron chi connectivity index (χ3n) is 5.29. The Bertz CT molecular complexity index is 1320. The van der Waals surface area contributed by atoms with E-state index in [1.165, 1.54) is 0 Å². The van der Waals surface area contributed by atoms with E-state index in [2.05, 4.69) is 27.9 Å². The van der Waals surface area contributed by atoms with Gasteiger partial charge in [0.15, 0.2) is 0 Å². The molecule has 0 amide bonds. The van der Waals surface area contributed by atoms with Crippen molar-refractivity contribution in [2.45, 2.75) is 10.8 Å². The van der Waals surface area contributed by atoms with E-state index >= 15 is 0 Å². The van der Waals surface area contributed by atoms with Crippen LogP contribution in [-0.4, -0.2) is 25.8 Å². The average molecular weight is 401 g/mol. The van der Waals surface area contributed by atoms with Gasteiger partial charge in [-0.3, -0.25) is 9.71 Å². The highest BCUT2D eigenvalue weighted by molar-refractivity contribution is 7.90. The maximum absolute atomic E-state index is 12.4. The molecule has 2 N–H and O–H groups in total. The van der Waals surface area contributed by atoms with E-state index in [0.29, 0.717) is 17.9 Å². The number of sulfonamides is 1. The number of aromatic amines is 1. The van der Waals surface area contributed by atoms with Crippen LogP contribution in [0.2, 0.25) is 0 Å². The van der Waals surface area contributed by atoms with E-state index in [0.717, 1.165) is 22.0 Å². The molecule has 1 aliphatic rings. The first-order valence-electron chi connectivity index (χ1n) is 9.41. The van der Waals surface area contributed by atoms with E-state index in [4.69, 9.17) is 4.99 Å². The molecule has 0 saturated carbocycles. The van der Waals surface area contributed by atoms with Gasteiger partial charge in [0.05, 0.1) is 11.4 Å². The zero-order valence-electron chi connectivity index (χ0n) is 15.5. The number of benzene rings is 3. The third-order valence-corrected chi connectivity index (χ3v) is 6.69. The molecule has 1 aliphatic heterocycles. The van der Waals surface area contributed by atoms with Gasteiger partial charge in [-0.2, -0.15) is 0 Å². The zero-order chi connectivity index (χ0) is 19.8. The second kappa shape index (κ2) is 6.90. The molecule has 6 heteroatoms. The predicted octanol–water partition coefficient (Wildman–Crippen LogP) is 4.04. The van der Waals surface area contributed by atoms with Crippen molar-refractivity contribution in [3.8, 4) is 0 Å². The Labute approximate surface area is 169 Å². The largest absolute Gasteiger partial charge is 0.361 e. The molecule has 29 heavy (non-hydrogen) atoms. The number of para-hydroxylation sites is 1. The molecular weight excluding hydrogens is 382 g/mol. The molecule has 0 radical (unpaired) electrons. The number of fused-ring (bicyclic) bond motifs is 2. The Hall–Kier alpha value is -3.38. The molecule has 1 atom stereocenters. The van der Waals surface area contributed by atoms with Gasteiger partial charge in [-0.05, 0) is 29.3 Å². The van der Waals surface area contributed by atoms with Crippen LogP contribution < -0.4 is 4.72 Å². The SMILES string of the molecule is O=S1(=O)NC(=NCC(c2ccccc2)c2c[nH]c3ccccc23)c2ccccc21. The number of aromatic nitrogens is 1. The minimum Gasteiger partial charge on any atom is -0.361 e. The fourth-order valence-corrected chi connectivity index (χ4v) is 5.14. The lowest BCUT2D eigenvalue weighted by Gasteiger charge is -2.15. The maximum atomic E-state index is 12.4. The summed E-state index contributed by atoms with van der Waals surface area (Å²) >= 11 is 0. The number of rotatable bonds is 4. The fraction of sp³-hybridized carbons (Fsp3) is 0.0870. The summed E-state index contributed by atoms with van der Waals surface area (Å²) in [5.74, 6) is 0.401. The molecule has 5 rings (SSSR count). The number of hydrogen-bond acceptors (Lipinski definition) is 3. The highest BCUT2D eigenvalue weighted by Gasteiger charge is 2.30. The van der Waals surface area contributed by atoms with Crippen molar-refractivity contribution in [1.82, 2.24) is 9.71 Å². The third kappa shape index (κ3) is 3.11. The van der Waals surface area contributed by atoms with Gasteiger partial charge in [0.1, 0.15) is 5.84 Å². The molecule has 144 valence electrons. The van der Waals surface area contributed by atoms with Crippen LogP contribution in [0.1, 0.15) is 22.6 Å². The van der Waals surface area contributed by atoms with Crippen LogP contribution in [0.25, 0.3) is 10.9 Å². The van der Waals surface area contributed by atoms with Crippen LogP contribution in [0.15, 0.2) is 94.9 Å². The normalized spacial score (nSPS) is 17.2. The van der Waals surface area contributed by atoms with Crippen LogP contribution in [0.5, 0.6) is 0 Å². The molecule has 0 aliphatic carbocycles. The minimum absolute atomic E-state index is 0.00267. The van der Waals surface area contributed by atoms with Crippen molar-refractivity contribution >= 4 is 26.8 Å². The molecule has 0 saturated heterocycles. The average Bonchev–Trinajstić information content (AvgIpc) is 3.28. The first-order valence-corrected chi connectivity index (χ1v) is 10.9. The molecule has 0 bridgehead atoms. The monoisotopic (exact) mass is 401 g/mol. The first-order chi connectivity index (χ1) is 14.1. The van der Waals surface area contributed by atoms with Crippen LogP contribution >= 0.6 is 0 Å². The molecule has 4 aromatic rings. The molecule has 3 aromatic carbocycles. The minimum atomic E-state index is -3.54. The first kappa shape index (κ1) is 17.7. The van der Waals surface area contributed by atoms with Crippen molar-refractivity contribution in [1.29, 1.82) is 0 Å². The van der Waals surface area contributed by atoms with Gasteiger partial charge in [-0.15, -0.1) is 0 Å². The molecule has 0 spiro atoms. The fourth-order valence-electron chi connectivity index (χ4n) is 3.88. The van der Waals surface area contributed by atoms with E-state index in [1.807, 2.05) is 48.7 Å². The lowest BCUT2D eigenvalue weighted by atomic mass is 9.91. The van der Waals surface area contributed by atoms with Gasteiger partial charge < -0.3 is 4.98 Å². The zero-order valence-corrected chi connectivity index (χ0v) is 16.4. The number of nitrogens with zero attached hydrogens (tertiary/aromatic N) is 1. The standard InChI is InChI=1S/C23H19N3O2S/c27-29(28)22-13-7-5-11-18(22)23(26-29)25-14-19(16-8-2-1-3-9-16)20-15-24-21-12-6-4-10-17(20)21/h1-13,15,19,24H,14H2,(H,25,26). The van der Waals surface area contributed by atoms with Crippen LogP contribution in [0.3, 0.4) is 0 Å². The van der Waals surface area contributed by atoms with Crippen LogP contribution in [-0.2, 0) is 10.0 Å². The number of amidine groups is 1. The summed E-state index contributed by atoms with van der Waals surface area (Å²) in [4.78, 5) is 8.33. The molecular formula is C23H19N3O2S. The number of hydrogen-bond donors (Lipinski definition) is 2. The van der Waals surface area contributed by atoms with Crippen molar-refractivity contribution in [2.24, 2.45) is 4.99 Å². The van der Waals surface area contributed by atoms with E-state index in [-0.39, 0.29) is 10.8 Å². The summed E-state index contributed by atoms with van der Waals surface area (Å²) in [6.07, 6.45) is 2.02. The van der Waals surface area contributed by atoms with Crippen molar-refractivity contribution in [3.63, 3.8) is 0 Å². The molecule has 1 aromatic heterocycles. The van der Waals surface area contributed by atoms with Gasteiger partial charge in [-0.1, -0.05) is 60.7 Å². The molecule has 1 unspecified atom stereocenters. The summed E-state index contributed by atoms with van der Waals surface area (Å²) in [5.41, 5.74) is 3.97. The topological polar surface area (TPSA) is 74.3 Å². The second-order valence-corrected chi connectivity index (χ2v) is 8.69. The highest BCUT2D eigenvalue weighted by Crippen LogP contribution is 2.32. The molecule has 0 fully saturated rings. The Kier molecular flexibility index (Phi) is 4.21. The Morgan fingerprint density at radius 2 is 1.59 bits per heavy atom. The smallest absolute Gasteiger partial charge is 0.263 e. The van der Waals surface area contributed by atoms with E-state index in [1.54, 1.807) is 18.2 Å². The van der Waals surface area contributed by atoms with Gasteiger partial charge >= 0.3 is 0 Å². The van der Waals surface area contributed by atoms with Gasteiger partial charge in [-0.25, -0.2) is 8.42 Å². The van der Waals surface area contributed by atoms with Crippen LogP contribution in [0, 0.1) is 0 Å². The van der Waals surface area contributed by atoms with Crippen molar-refractivity contribution in [3.05, 3.63) is 102 Å². The van der Waals surface area contributed by atoms with Crippen molar-refractivity contribution in [2.75, 3.05) is 6.54 Å². The summed E-state index contributed by atoms with van der Waals surface area (Å²) in [6, 6.07) is 25.3. The Balaban J connectivity index is 1.58. The number of aliphatic imine (C=N–C) groups is 1. The Morgan fingerprint density at radius 3 is 2.45 bits per heavy atom. The predicted molar refractivity (Wildman–Crippen MR) is 115 cm³/mol. The van der Waals surface area contributed by atoms with E-state index in [9.17, 15) is 8.42 Å². The van der Waals surface area contributed by atoms with Crippen LogP contribution in [0.4, 0.5) is 0 Å². The Morgan fingerprint density at radius 1 is 0.862 bits per heavy atom. The van der Waals surface area contributed by atoms with Gasteiger partial charge in [0, 0.05) is 28.6 Å². The molecule has 2 heterocycles. The van der Waals surface area contributed by atoms with E-state index < -0.39 is 10.0 Å². The van der Waals surface area contributed by atoms with Gasteiger partial charge in [0.25, 0.3) is 10.0 Å². The number of H-pyrrole nitrogens is 1. The summed E-state index contributed by atoms with van der Waals surface area (Å²) in [6.45, 7) is 0.429.